The van der Waals surface area contributed by atoms with Gasteiger partial charge in [0.1, 0.15) is 16.0 Å². The lowest BCUT2D eigenvalue weighted by Gasteiger charge is -2.43. The Labute approximate surface area is 131 Å². The number of rotatable bonds is 0. The van der Waals surface area contributed by atoms with Gasteiger partial charge in [-0.25, -0.2) is 8.42 Å². The maximum atomic E-state index is 13.2. The summed E-state index contributed by atoms with van der Waals surface area (Å²) in [6.07, 6.45) is 0.424. The van der Waals surface area contributed by atoms with Gasteiger partial charge in [-0.15, -0.1) is 0 Å². The van der Waals surface area contributed by atoms with Crippen LogP contribution in [0.5, 0.6) is 5.75 Å². The summed E-state index contributed by atoms with van der Waals surface area (Å²) in [7, 11) is -3.40. The first-order chi connectivity index (χ1) is 10.1. The van der Waals surface area contributed by atoms with Crippen molar-refractivity contribution in [1.82, 2.24) is 0 Å². The number of sulfone groups is 1. The van der Waals surface area contributed by atoms with E-state index in [1.165, 1.54) is 0 Å². The van der Waals surface area contributed by atoms with E-state index in [0.717, 1.165) is 5.56 Å². The van der Waals surface area contributed by atoms with Crippen LogP contribution in [0.3, 0.4) is 0 Å². The Morgan fingerprint density at radius 2 is 2.00 bits per heavy atom. The molecule has 0 fully saturated rings. The molecule has 1 aromatic carbocycles. The van der Waals surface area contributed by atoms with Crippen LogP contribution in [-0.2, 0) is 15.4 Å². The van der Waals surface area contributed by atoms with Crippen LogP contribution >= 0.6 is 0 Å². The van der Waals surface area contributed by atoms with Crippen molar-refractivity contribution in [3.63, 3.8) is 0 Å². The number of nitrogen functional groups attached to an aromatic ring is 1. The highest BCUT2D eigenvalue weighted by Gasteiger charge is 2.56. The molecule has 22 heavy (non-hydrogen) atoms. The third-order valence-electron chi connectivity index (χ3n) is 5.17. The normalized spacial score (nSPS) is 32.0. The molecule has 2 atom stereocenters. The molecule has 0 amide bonds. The number of benzene rings is 1. The molecule has 0 saturated carbocycles. The molecule has 0 aromatic heterocycles. The van der Waals surface area contributed by atoms with E-state index in [1.807, 2.05) is 6.92 Å². The molecule has 0 saturated heterocycles. The minimum Gasteiger partial charge on any atom is -0.493 e. The van der Waals surface area contributed by atoms with E-state index in [9.17, 15) is 8.42 Å². The Morgan fingerprint density at radius 1 is 1.32 bits per heavy atom. The van der Waals surface area contributed by atoms with E-state index in [1.54, 1.807) is 39.0 Å². The van der Waals surface area contributed by atoms with Crippen LogP contribution in [0.4, 0.5) is 5.69 Å². The summed E-state index contributed by atoms with van der Waals surface area (Å²) in [5.41, 5.74) is 7.02. The molecule has 0 aliphatic carbocycles. The van der Waals surface area contributed by atoms with Gasteiger partial charge in [-0.2, -0.15) is 0 Å². The van der Waals surface area contributed by atoms with Gasteiger partial charge in [0.2, 0.25) is 0 Å². The fraction of sp³-hybridized carbons (Fsp3) is 0.562. The Hall–Kier alpha value is -1.56. The Bertz CT molecular complexity index is 768. The summed E-state index contributed by atoms with van der Waals surface area (Å²) in [4.78, 5) is 4.83. The van der Waals surface area contributed by atoms with Crippen LogP contribution in [-0.4, -0.2) is 30.7 Å². The van der Waals surface area contributed by atoms with E-state index in [2.05, 4.69) is 0 Å². The van der Waals surface area contributed by atoms with Crippen molar-refractivity contribution in [2.24, 2.45) is 4.99 Å². The second-order valence-corrected chi connectivity index (χ2v) is 9.46. The number of hydrogen-bond acceptors (Lipinski definition) is 5. The lowest BCUT2D eigenvalue weighted by atomic mass is 9.86. The van der Waals surface area contributed by atoms with Crippen LogP contribution in [0.2, 0.25) is 0 Å². The third kappa shape index (κ3) is 1.82. The van der Waals surface area contributed by atoms with E-state index >= 15 is 0 Å². The SMILES string of the molecule is CC1=N[C@]2(C)c3cc(N)ccc3OCC[C@@H]2S(=O)(=O)C1(C)C. The third-order valence-corrected chi connectivity index (χ3v) is 8.33. The van der Waals surface area contributed by atoms with Crippen LogP contribution in [0.15, 0.2) is 23.2 Å². The highest BCUT2D eigenvalue weighted by Crippen LogP contribution is 2.48. The molecular weight excluding hydrogens is 300 g/mol. The summed E-state index contributed by atoms with van der Waals surface area (Å²) in [6, 6.07) is 5.36. The average molecular weight is 322 g/mol. The van der Waals surface area contributed by atoms with E-state index < -0.39 is 25.4 Å². The minimum atomic E-state index is -3.40. The zero-order chi connectivity index (χ0) is 16.3. The lowest BCUT2D eigenvalue weighted by Crippen LogP contribution is -2.56. The molecule has 0 bridgehead atoms. The predicted octanol–water partition coefficient (Wildman–Crippen LogP) is 2.30. The van der Waals surface area contributed by atoms with Crippen molar-refractivity contribution in [2.45, 2.75) is 49.7 Å². The standard InChI is InChI=1S/C16H22N2O3S/c1-10-15(2,3)22(19,20)14-7-8-21-13-6-5-11(17)9-12(13)16(14,4)18-10/h5-6,9,14H,7-8,17H2,1-4H3/t14-,16+/m0/s1. The van der Waals surface area contributed by atoms with Crippen molar-refractivity contribution in [2.75, 3.05) is 12.3 Å². The molecule has 1 aromatic rings. The first-order valence-corrected chi connectivity index (χ1v) is 8.98. The number of anilines is 1. The van der Waals surface area contributed by atoms with Gasteiger partial charge in [-0.05, 0) is 45.9 Å². The zero-order valence-corrected chi connectivity index (χ0v) is 14.2. The van der Waals surface area contributed by atoms with Gasteiger partial charge in [-0.3, -0.25) is 4.99 Å². The second kappa shape index (κ2) is 4.47. The van der Waals surface area contributed by atoms with E-state index in [-0.39, 0.29) is 0 Å². The van der Waals surface area contributed by atoms with Gasteiger partial charge < -0.3 is 10.5 Å². The molecule has 2 heterocycles. The number of aliphatic imine (C=N–C) groups is 1. The summed E-state index contributed by atoms with van der Waals surface area (Å²) < 4.78 is 31.1. The summed E-state index contributed by atoms with van der Waals surface area (Å²) in [5, 5.41) is -0.609. The zero-order valence-electron chi connectivity index (χ0n) is 13.4. The molecule has 2 aliphatic heterocycles. The van der Waals surface area contributed by atoms with Gasteiger partial charge in [0.15, 0.2) is 9.84 Å². The molecule has 3 rings (SSSR count). The molecule has 6 heteroatoms. The van der Waals surface area contributed by atoms with Gasteiger partial charge in [-0.1, -0.05) is 0 Å². The maximum absolute atomic E-state index is 13.2. The molecule has 0 unspecified atom stereocenters. The van der Waals surface area contributed by atoms with E-state index in [4.69, 9.17) is 15.5 Å². The average Bonchev–Trinajstić information content (AvgIpc) is 2.55. The smallest absolute Gasteiger partial charge is 0.166 e. The highest BCUT2D eigenvalue weighted by molar-refractivity contribution is 7.94. The van der Waals surface area contributed by atoms with Crippen molar-refractivity contribution in [1.29, 1.82) is 0 Å². The molecular formula is C16H22N2O3S. The van der Waals surface area contributed by atoms with Crippen LogP contribution in [0.1, 0.15) is 39.7 Å². The fourth-order valence-electron chi connectivity index (χ4n) is 3.43. The quantitative estimate of drug-likeness (QED) is 0.743. The number of ether oxygens (including phenoxy) is 1. The lowest BCUT2D eigenvalue weighted by molar-refractivity contribution is 0.312. The van der Waals surface area contributed by atoms with Gasteiger partial charge >= 0.3 is 0 Å². The molecule has 2 N–H and O–H groups in total. The number of nitrogens with two attached hydrogens (primary N) is 1. The van der Waals surface area contributed by atoms with Crippen LogP contribution < -0.4 is 10.5 Å². The summed E-state index contributed by atoms with van der Waals surface area (Å²) in [6.45, 7) is 7.48. The first-order valence-electron chi connectivity index (χ1n) is 7.44. The highest BCUT2D eigenvalue weighted by atomic mass is 32.2. The number of hydrogen-bond donors (Lipinski definition) is 1. The Kier molecular flexibility index (Phi) is 3.12. The number of fused-ring (bicyclic) bond motifs is 3. The van der Waals surface area contributed by atoms with Crippen LogP contribution in [0, 0.1) is 0 Å². The van der Waals surface area contributed by atoms with Crippen molar-refractivity contribution < 1.29 is 13.2 Å². The molecule has 120 valence electrons. The summed E-state index contributed by atoms with van der Waals surface area (Å²) in [5.74, 6) is 0.672. The molecule has 5 nitrogen and oxygen atoms in total. The van der Waals surface area contributed by atoms with Crippen molar-refractivity contribution in [3.05, 3.63) is 23.8 Å². The Balaban J connectivity index is 2.35. The predicted molar refractivity (Wildman–Crippen MR) is 88.2 cm³/mol. The Morgan fingerprint density at radius 3 is 2.68 bits per heavy atom. The van der Waals surface area contributed by atoms with Gasteiger partial charge in [0.05, 0.1) is 11.9 Å². The van der Waals surface area contributed by atoms with Gasteiger partial charge in [0.25, 0.3) is 0 Å². The largest absolute Gasteiger partial charge is 0.493 e. The fourth-order valence-corrected chi connectivity index (χ4v) is 5.79. The topological polar surface area (TPSA) is 81.8 Å². The van der Waals surface area contributed by atoms with Crippen molar-refractivity contribution in [3.8, 4) is 5.75 Å². The maximum Gasteiger partial charge on any atom is 0.166 e. The first kappa shape index (κ1) is 15.3. The van der Waals surface area contributed by atoms with E-state index in [0.29, 0.717) is 30.2 Å². The monoisotopic (exact) mass is 322 g/mol. The molecule has 2 aliphatic rings. The van der Waals surface area contributed by atoms with Crippen molar-refractivity contribution >= 4 is 21.2 Å². The molecule has 0 spiro atoms. The summed E-state index contributed by atoms with van der Waals surface area (Å²) >= 11 is 0. The minimum absolute atomic E-state index is 0.362. The number of nitrogens with zero attached hydrogens (tertiary/aromatic N) is 1. The van der Waals surface area contributed by atoms with Crippen LogP contribution in [0.25, 0.3) is 0 Å². The second-order valence-electron chi connectivity index (χ2n) is 6.78. The van der Waals surface area contributed by atoms with Gasteiger partial charge in [0, 0.05) is 23.4 Å². The molecule has 0 radical (unpaired) electrons.